The van der Waals surface area contributed by atoms with E-state index >= 15 is 0 Å². The van der Waals surface area contributed by atoms with Gasteiger partial charge in [-0.25, -0.2) is 9.78 Å². The standard InChI is InChI=1S/C15H21ClN2O4/c1-15(2,3)22-14(19)18-7-10(8-18)11-5-6-12(13(16)17-11)21-9-20-4/h5-6,10H,7-9H2,1-4H3. The van der Waals surface area contributed by atoms with Crippen molar-refractivity contribution in [2.45, 2.75) is 32.3 Å². The lowest BCUT2D eigenvalue weighted by Crippen LogP contribution is -2.50. The van der Waals surface area contributed by atoms with Crippen LogP contribution in [0.25, 0.3) is 0 Å². The van der Waals surface area contributed by atoms with Crippen LogP contribution in [0.5, 0.6) is 5.75 Å². The van der Waals surface area contributed by atoms with E-state index in [0.29, 0.717) is 24.0 Å². The smallest absolute Gasteiger partial charge is 0.410 e. The summed E-state index contributed by atoms with van der Waals surface area (Å²) in [7, 11) is 1.54. The number of halogens is 1. The highest BCUT2D eigenvalue weighted by Crippen LogP contribution is 2.31. The molecule has 6 nitrogen and oxygen atoms in total. The SMILES string of the molecule is COCOc1ccc(C2CN(C(=O)OC(C)(C)C)C2)nc1Cl. The van der Waals surface area contributed by atoms with Crippen molar-refractivity contribution in [2.75, 3.05) is 27.0 Å². The molecule has 1 amide bonds. The highest BCUT2D eigenvalue weighted by atomic mass is 35.5. The van der Waals surface area contributed by atoms with E-state index < -0.39 is 5.60 Å². The largest absolute Gasteiger partial charge is 0.464 e. The average molecular weight is 329 g/mol. The average Bonchev–Trinajstić information content (AvgIpc) is 2.33. The molecule has 1 aromatic rings. The molecule has 122 valence electrons. The Bertz CT molecular complexity index is 539. The van der Waals surface area contributed by atoms with E-state index in [1.165, 1.54) is 7.11 Å². The molecule has 0 aromatic carbocycles. The number of likely N-dealkylation sites (tertiary alicyclic amines) is 1. The Hall–Kier alpha value is -1.53. The molecule has 1 fully saturated rings. The van der Waals surface area contributed by atoms with Gasteiger partial charge in [-0.2, -0.15) is 0 Å². The van der Waals surface area contributed by atoms with Gasteiger partial charge in [0.05, 0.1) is 0 Å². The molecule has 0 atom stereocenters. The van der Waals surface area contributed by atoms with Crippen LogP contribution in [0.2, 0.25) is 5.15 Å². The number of hydrogen-bond acceptors (Lipinski definition) is 5. The van der Waals surface area contributed by atoms with Gasteiger partial charge in [-0.3, -0.25) is 0 Å². The van der Waals surface area contributed by atoms with Gasteiger partial charge in [0.25, 0.3) is 0 Å². The molecule has 22 heavy (non-hydrogen) atoms. The second kappa shape index (κ2) is 6.71. The van der Waals surface area contributed by atoms with Gasteiger partial charge in [0.2, 0.25) is 0 Å². The first-order chi connectivity index (χ1) is 10.3. The van der Waals surface area contributed by atoms with E-state index in [0.717, 1.165) is 5.69 Å². The minimum atomic E-state index is -0.482. The fourth-order valence-corrected chi connectivity index (χ4v) is 2.25. The number of rotatable bonds is 4. The molecule has 1 saturated heterocycles. The lowest BCUT2D eigenvalue weighted by molar-refractivity contribution is 0.00783. The van der Waals surface area contributed by atoms with E-state index in [-0.39, 0.29) is 18.8 Å². The predicted octanol–water partition coefficient (Wildman–Crippen LogP) is 3.05. The molecule has 1 aliphatic rings. The van der Waals surface area contributed by atoms with Crippen LogP contribution < -0.4 is 4.74 Å². The fourth-order valence-electron chi connectivity index (χ4n) is 2.03. The maximum Gasteiger partial charge on any atom is 0.410 e. The van der Waals surface area contributed by atoms with Crippen LogP contribution in [0.4, 0.5) is 4.79 Å². The van der Waals surface area contributed by atoms with Crippen LogP contribution in [0.15, 0.2) is 12.1 Å². The van der Waals surface area contributed by atoms with E-state index in [1.54, 1.807) is 11.0 Å². The van der Waals surface area contributed by atoms with Crippen molar-refractivity contribution >= 4 is 17.7 Å². The molecule has 0 saturated carbocycles. The van der Waals surface area contributed by atoms with E-state index in [1.807, 2.05) is 26.8 Å². The summed E-state index contributed by atoms with van der Waals surface area (Å²) in [5, 5.41) is 0.297. The van der Waals surface area contributed by atoms with E-state index in [2.05, 4.69) is 4.98 Å². The summed E-state index contributed by atoms with van der Waals surface area (Å²) in [6, 6.07) is 3.62. The Morgan fingerprint density at radius 2 is 2.09 bits per heavy atom. The van der Waals surface area contributed by atoms with Gasteiger partial charge in [0.1, 0.15) is 5.60 Å². The van der Waals surface area contributed by atoms with E-state index in [9.17, 15) is 4.79 Å². The zero-order chi connectivity index (χ0) is 16.3. The molecule has 7 heteroatoms. The first-order valence-electron chi connectivity index (χ1n) is 7.06. The van der Waals surface area contributed by atoms with Gasteiger partial charge < -0.3 is 19.1 Å². The third kappa shape index (κ3) is 4.24. The molecule has 1 aromatic heterocycles. The van der Waals surface area contributed by atoms with Gasteiger partial charge in [-0.05, 0) is 32.9 Å². The number of aromatic nitrogens is 1. The molecular formula is C15H21ClN2O4. The zero-order valence-electron chi connectivity index (χ0n) is 13.3. The Morgan fingerprint density at radius 1 is 1.41 bits per heavy atom. The minimum Gasteiger partial charge on any atom is -0.464 e. The molecule has 0 aliphatic carbocycles. The normalized spacial score (nSPS) is 15.4. The number of hydrogen-bond donors (Lipinski definition) is 0. The topological polar surface area (TPSA) is 60.9 Å². The Kier molecular flexibility index (Phi) is 5.13. The summed E-state index contributed by atoms with van der Waals surface area (Å²) < 4.78 is 15.4. The van der Waals surface area contributed by atoms with Crippen molar-refractivity contribution in [1.29, 1.82) is 0 Å². The van der Waals surface area contributed by atoms with Crippen LogP contribution >= 0.6 is 11.6 Å². The molecule has 2 rings (SSSR count). The molecule has 2 heterocycles. The van der Waals surface area contributed by atoms with Crippen LogP contribution in [-0.4, -0.2) is 48.6 Å². The molecule has 0 radical (unpaired) electrons. The molecular weight excluding hydrogens is 308 g/mol. The van der Waals surface area contributed by atoms with Gasteiger partial charge in [-0.1, -0.05) is 11.6 Å². The van der Waals surface area contributed by atoms with Gasteiger partial charge in [0.15, 0.2) is 17.7 Å². The zero-order valence-corrected chi connectivity index (χ0v) is 14.0. The van der Waals surface area contributed by atoms with Crippen molar-refractivity contribution in [3.05, 3.63) is 23.0 Å². The number of nitrogens with zero attached hydrogens (tertiary/aromatic N) is 2. The summed E-state index contributed by atoms with van der Waals surface area (Å²) in [4.78, 5) is 17.9. The molecule has 0 N–H and O–H groups in total. The number of pyridine rings is 1. The van der Waals surface area contributed by atoms with Gasteiger partial charge in [-0.15, -0.1) is 0 Å². The molecule has 1 aliphatic heterocycles. The summed E-state index contributed by atoms with van der Waals surface area (Å²) in [6.07, 6.45) is -0.296. The number of carbonyl (C=O) groups excluding carboxylic acids is 1. The van der Waals surface area contributed by atoms with Gasteiger partial charge in [0, 0.05) is 31.8 Å². The van der Waals surface area contributed by atoms with Crippen molar-refractivity contribution in [3.8, 4) is 5.75 Å². The number of ether oxygens (including phenoxy) is 3. The highest BCUT2D eigenvalue weighted by Gasteiger charge is 2.35. The van der Waals surface area contributed by atoms with Crippen molar-refractivity contribution in [3.63, 3.8) is 0 Å². The van der Waals surface area contributed by atoms with Crippen molar-refractivity contribution in [2.24, 2.45) is 0 Å². The molecule has 0 bridgehead atoms. The first kappa shape index (κ1) is 16.8. The lowest BCUT2D eigenvalue weighted by atomic mass is 9.96. The summed E-state index contributed by atoms with van der Waals surface area (Å²) in [5.74, 6) is 0.650. The van der Waals surface area contributed by atoms with Crippen molar-refractivity contribution < 1.29 is 19.0 Å². The van der Waals surface area contributed by atoms with Crippen LogP contribution in [0.3, 0.4) is 0 Å². The second-order valence-electron chi connectivity index (χ2n) is 6.16. The molecule has 0 spiro atoms. The maximum atomic E-state index is 11.9. The predicted molar refractivity (Wildman–Crippen MR) is 82.3 cm³/mol. The van der Waals surface area contributed by atoms with Crippen molar-refractivity contribution in [1.82, 2.24) is 9.88 Å². The fraction of sp³-hybridized carbons (Fsp3) is 0.600. The number of carbonyl (C=O) groups is 1. The number of methoxy groups -OCH3 is 1. The lowest BCUT2D eigenvalue weighted by Gasteiger charge is -2.39. The highest BCUT2D eigenvalue weighted by molar-refractivity contribution is 6.30. The monoisotopic (exact) mass is 328 g/mol. The molecule has 0 unspecified atom stereocenters. The summed E-state index contributed by atoms with van der Waals surface area (Å²) in [6.45, 7) is 6.83. The third-order valence-electron chi connectivity index (χ3n) is 3.12. The quantitative estimate of drug-likeness (QED) is 0.628. The third-order valence-corrected chi connectivity index (χ3v) is 3.39. The number of amides is 1. The Labute approximate surface area is 135 Å². The Balaban J connectivity index is 1.90. The van der Waals surface area contributed by atoms with Crippen LogP contribution in [0.1, 0.15) is 32.4 Å². The van der Waals surface area contributed by atoms with Gasteiger partial charge >= 0.3 is 6.09 Å². The van der Waals surface area contributed by atoms with E-state index in [4.69, 9.17) is 25.8 Å². The second-order valence-corrected chi connectivity index (χ2v) is 6.52. The Morgan fingerprint density at radius 3 is 2.64 bits per heavy atom. The van der Waals surface area contributed by atoms with Crippen LogP contribution in [-0.2, 0) is 9.47 Å². The summed E-state index contributed by atoms with van der Waals surface area (Å²) >= 11 is 6.08. The minimum absolute atomic E-state index is 0.122. The first-order valence-corrected chi connectivity index (χ1v) is 7.44. The van der Waals surface area contributed by atoms with Crippen LogP contribution in [0, 0.1) is 0 Å². The summed E-state index contributed by atoms with van der Waals surface area (Å²) in [5.41, 5.74) is 0.360. The maximum absolute atomic E-state index is 11.9.